The average Bonchev–Trinajstić information content (AvgIpc) is 2.64. The third-order valence-corrected chi connectivity index (χ3v) is 5.10. The number of anilines is 1. The van der Waals surface area contributed by atoms with Crippen LogP contribution in [0.4, 0.5) is 10.5 Å². The second-order valence-corrected chi connectivity index (χ2v) is 6.87. The Hall–Kier alpha value is -2.04. The van der Waals surface area contributed by atoms with Crippen LogP contribution in [0.5, 0.6) is 0 Å². The van der Waals surface area contributed by atoms with Crippen LogP contribution in [0.25, 0.3) is 0 Å². The molecular formula is C19H27N3O2. The van der Waals surface area contributed by atoms with Crippen LogP contribution < -0.4 is 5.32 Å². The summed E-state index contributed by atoms with van der Waals surface area (Å²) in [5.74, 6) is 0.724. The van der Waals surface area contributed by atoms with Crippen molar-refractivity contribution in [3.05, 3.63) is 30.3 Å². The van der Waals surface area contributed by atoms with Crippen molar-refractivity contribution >= 4 is 17.6 Å². The number of nitrogens with one attached hydrogen (secondary N) is 1. The summed E-state index contributed by atoms with van der Waals surface area (Å²) in [4.78, 5) is 28.5. The molecule has 0 spiro atoms. The summed E-state index contributed by atoms with van der Waals surface area (Å²) in [7, 11) is 0. The summed E-state index contributed by atoms with van der Waals surface area (Å²) < 4.78 is 0. The van der Waals surface area contributed by atoms with E-state index in [4.69, 9.17) is 0 Å². The van der Waals surface area contributed by atoms with Crippen LogP contribution in [0.3, 0.4) is 0 Å². The average molecular weight is 329 g/mol. The molecular weight excluding hydrogens is 302 g/mol. The zero-order valence-corrected chi connectivity index (χ0v) is 14.2. The Bertz CT molecular complexity index is 547. The van der Waals surface area contributed by atoms with Crippen LogP contribution in [0.15, 0.2) is 30.3 Å². The summed E-state index contributed by atoms with van der Waals surface area (Å²) in [6, 6.07) is 9.49. The molecule has 130 valence electrons. The van der Waals surface area contributed by atoms with Gasteiger partial charge in [-0.1, -0.05) is 18.2 Å². The van der Waals surface area contributed by atoms with E-state index in [1.807, 2.05) is 40.1 Å². The molecule has 3 rings (SSSR count). The first-order valence-corrected chi connectivity index (χ1v) is 9.11. The van der Waals surface area contributed by atoms with Gasteiger partial charge in [0.25, 0.3) is 0 Å². The van der Waals surface area contributed by atoms with Crippen molar-refractivity contribution in [2.75, 3.05) is 31.5 Å². The van der Waals surface area contributed by atoms with Gasteiger partial charge in [-0.05, 0) is 50.2 Å². The van der Waals surface area contributed by atoms with E-state index in [1.165, 1.54) is 6.42 Å². The number of likely N-dealkylation sites (tertiary alicyclic amines) is 2. The molecule has 2 aliphatic heterocycles. The molecule has 2 saturated heterocycles. The summed E-state index contributed by atoms with van der Waals surface area (Å²) in [6.07, 6.45) is 6.02. The number of carbonyl (C=O) groups excluding carboxylic acids is 2. The lowest BCUT2D eigenvalue weighted by Gasteiger charge is -2.33. The molecule has 0 aliphatic carbocycles. The molecule has 5 heteroatoms. The standard InChI is InChI=1S/C19H27N3O2/c23-18(21-11-5-2-6-12-21)15-16-9-13-22(14-10-16)19(24)20-17-7-3-1-4-8-17/h1,3-4,7-8,16H,2,5-6,9-15H2,(H,20,24). The van der Waals surface area contributed by atoms with Crippen molar-refractivity contribution in [2.24, 2.45) is 5.92 Å². The molecule has 2 fully saturated rings. The fourth-order valence-electron chi connectivity index (χ4n) is 3.58. The molecule has 0 bridgehead atoms. The SMILES string of the molecule is O=C(CC1CCN(C(=O)Nc2ccccc2)CC1)N1CCCCC1. The van der Waals surface area contributed by atoms with E-state index in [0.29, 0.717) is 18.2 Å². The predicted octanol–water partition coefficient (Wildman–Crippen LogP) is 3.33. The van der Waals surface area contributed by atoms with E-state index in [0.717, 1.165) is 57.5 Å². The van der Waals surface area contributed by atoms with E-state index < -0.39 is 0 Å². The van der Waals surface area contributed by atoms with E-state index >= 15 is 0 Å². The summed E-state index contributed by atoms with van der Waals surface area (Å²) in [5.41, 5.74) is 0.824. The van der Waals surface area contributed by atoms with Crippen molar-refractivity contribution in [3.63, 3.8) is 0 Å². The van der Waals surface area contributed by atoms with Gasteiger partial charge in [-0.3, -0.25) is 4.79 Å². The molecule has 0 saturated carbocycles. The monoisotopic (exact) mass is 329 g/mol. The molecule has 24 heavy (non-hydrogen) atoms. The predicted molar refractivity (Wildman–Crippen MR) is 94.8 cm³/mol. The van der Waals surface area contributed by atoms with Crippen LogP contribution in [0.1, 0.15) is 38.5 Å². The topological polar surface area (TPSA) is 52.7 Å². The van der Waals surface area contributed by atoms with Gasteiger partial charge in [0.05, 0.1) is 0 Å². The number of amides is 3. The van der Waals surface area contributed by atoms with Gasteiger partial charge < -0.3 is 15.1 Å². The Kier molecular flexibility index (Phi) is 5.72. The van der Waals surface area contributed by atoms with Gasteiger partial charge in [-0.15, -0.1) is 0 Å². The van der Waals surface area contributed by atoms with Gasteiger partial charge in [0.2, 0.25) is 5.91 Å². The lowest BCUT2D eigenvalue weighted by molar-refractivity contribution is -0.133. The molecule has 2 heterocycles. The van der Waals surface area contributed by atoms with Crippen molar-refractivity contribution in [1.29, 1.82) is 0 Å². The Morgan fingerprint density at radius 3 is 2.25 bits per heavy atom. The van der Waals surface area contributed by atoms with Gasteiger partial charge in [0, 0.05) is 38.3 Å². The van der Waals surface area contributed by atoms with Crippen LogP contribution in [0, 0.1) is 5.92 Å². The van der Waals surface area contributed by atoms with Crippen LogP contribution in [0.2, 0.25) is 0 Å². The highest BCUT2D eigenvalue weighted by Gasteiger charge is 2.26. The largest absolute Gasteiger partial charge is 0.343 e. The maximum atomic E-state index is 12.4. The third kappa shape index (κ3) is 4.49. The normalized spacial score (nSPS) is 19.2. The quantitative estimate of drug-likeness (QED) is 0.925. The molecule has 2 aliphatic rings. The minimum absolute atomic E-state index is 0.0398. The Balaban J connectivity index is 1.42. The Labute approximate surface area is 144 Å². The van der Waals surface area contributed by atoms with Crippen molar-refractivity contribution in [3.8, 4) is 0 Å². The molecule has 1 aromatic rings. The second-order valence-electron chi connectivity index (χ2n) is 6.87. The van der Waals surface area contributed by atoms with E-state index in [-0.39, 0.29) is 6.03 Å². The van der Waals surface area contributed by atoms with Crippen molar-refractivity contribution in [1.82, 2.24) is 9.80 Å². The molecule has 0 radical (unpaired) electrons. The first-order valence-electron chi connectivity index (χ1n) is 9.11. The molecule has 1 aromatic carbocycles. The smallest absolute Gasteiger partial charge is 0.321 e. The lowest BCUT2D eigenvalue weighted by Crippen LogP contribution is -2.42. The third-order valence-electron chi connectivity index (χ3n) is 5.10. The Morgan fingerprint density at radius 1 is 0.917 bits per heavy atom. The fourth-order valence-corrected chi connectivity index (χ4v) is 3.58. The zero-order valence-electron chi connectivity index (χ0n) is 14.2. The van der Waals surface area contributed by atoms with Gasteiger partial charge in [0.1, 0.15) is 0 Å². The number of hydrogen-bond donors (Lipinski definition) is 1. The number of hydrogen-bond acceptors (Lipinski definition) is 2. The molecule has 0 unspecified atom stereocenters. The number of para-hydroxylation sites is 1. The van der Waals surface area contributed by atoms with E-state index in [1.54, 1.807) is 0 Å². The molecule has 0 aromatic heterocycles. The molecule has 1 N–H and O–H groups in total. The summed E-state index contributed by atoms with van der Waals surface area (Å²) in [6.45, 7) is 3.32. The molecule has 0 atom stereocenters. The Morgan fingerprint density at radius 2 is 1.58 bits per heavy atom. The highest BCUT2D eigenvalue weighted by Crippen LogP contribution is 2.23. The number of benzene rings is 1. The van der Waals surface area contributed by atoms with Gasteiger partial charge >= 0.3 is 6.03 Å². The number of nitrogens with zero attached hydrogens (tertiary/aromatic N) is 2. The first-order chi connectivity index (χ1) is 11.7. The number of carbonyl (C=O) groups is 2. The maximum Gasteiger partial charge on any atom is 0.321 e. The zero-order chi connectivity index (χ0) is 16.8. The van der Waals surface area contributed by atoms with E-state index in [9.17, 15) is 9.59 Å². The van der Waals surface area contributed by atoms with E-state index in [2.05, 4.69) is 5.32 Å². The maximum absolute atomic E-state index is 12.4. The van der Waals surface area contributed by atoms with Crippen molar-refractivity contribution < 1.29 is 9.59 Å². The highest BCUT2D eigenvalue weighted by atomic mass is 16.2. The first kappa shape index (κ1) is 16.8. The number of rotatable bonds is 3. The van der Waals surface area contributed by atoms with Crippen LogP contribution >= 0.6 is 0 Å². The van der Waals surface area contributed by atoms with Crippen LogP contribution in [-0.2, 0) is 4.79 Å². The number of piperidine rings is 2. The highest BCUT2D eigenvalue weighted by molar-refractivity contribution is 5.89. The lowest BCUT2D eigenvalue weighted by atomic mass is 9.93. The second kappa shape index (κ2) is 8.18. The number of urea groups is 1. The molecule has 3 amide bonds. The minimum Gasteiger partial charge on any atom is -0.343 e. The summed E-state index contributed by atoms with van der Waals surface area (Å²) >= 11 is 0. The van der Waals surface area contributed by atoms with Crippen LogP contribution in [-0.4, -0.2) is 47.9 Å². The van der Waals surface area contributed by atoms with Gasteiger partial charge in [-0.25, -0.2) is 4.79 Å². The van der Waals surface area contributed by atoms with Crippen molar-refractivity contribution in [2.45, 2.75) is 38.5 Å². The molecule has 5 nitrogen and oxygen atoms in total. The fraction of sp³-hybridized carbons (Fsp3) is 0.579. The minimum atomic E-state index is -0.0398. The van der Waals surface area contributed by atoms with Gasteiger partial charge in [0.15, 0.2) is 0 Å². The van der Waals surface area contributed by atoms with Gasteiger partial charge in [-0.2, -0.15) is 0 Å². The summed E-state index contributed by atoms with van der Waals surface area (Å²) in [5, 5.41) is 2.93.